The van der Waals surface area contributed by atoms with Gasteiger partial charge in [-0.25, -0.2) is 5.06 Å². The largest absolute Gasteiger partial charge is 0.480 e. The number of aromatic nitrogens is 1. The number of benzene rings is 1. The van der Waals surface area contributed by atoms with Gasteiger partial charge in [0.25, 0.3) is 5.91 Å². The third-order valence-corrected chi connectivity index (χ3v) is 18.0. The molecule has 0 aliphatic carbocycles. The Balaban J connectivity index is 1.20. The number of H-pyrrole nitrogens is 1. The second-order valence-corrected chi connectivity index (χ2v) is 24.1. The number of rotatable bonds is 31. The van der Waals surface area contributed by atoms with Crippen LogP contribution in [0.25, 0.3) is 10.9 Å². The van der Waals surface area contributed by atoms with Gasteiger partial charge in [-0.05, 0) is 94.3 Å². The fourth-order valence-corrected chi connectivity index (χ4v) is 13.1. The number of hydrogen-bond donors (Lipinski definition) is 5. The normalized spacial score (nSPS) is 20.4. The van der Waals surface area contributed by atoms with Crippen molar-refractivity contribution in [3.8, 4) is 0 Å². The average molecular weight is 1130 g/mol. The minimum atomic E-state index is -1.05. The maximum Gasteiger partial charge on any atom is 0.321 e. The van der Waals surface area contributed by atoms with Crippen molar-refractivity contribution in [3.63, 3.8) is 0 Å². The number of carbonyl (C=O) groups excluding carboxylic acids is 6. The number of methoxy groups -OCH3 is 2. The quantitative estimate of drug-likeness (QED) is 0.0592. The Morgan fingerprint density at radius 1 is 0.861 bits per heavy atom. The molecular weight excluding hydrogens is 1030 g/mol. The summed E-state index contributed by atoms with van der Waals surface area (Å²) in [5.41, 5.74) is 7.52. The van der Waals surface area contributed by atoms with Crippen LogP contribution in [-0.2, 0) is 54.3 Å². The minimum absolute atomic E-state index is 0.0393. The highest BCUT2D eigenvalue weighted by atomic mass is 32.2. The monoisotopic (exact) mass is 1130 g/mol. The van der Waals surface area contributed by atoms with Crippen LogP contribution in [0.15, 0.2) is 30.5 Å². The Bertz CT molecular complexity index is 2310. The number of hydrogen-bond acceptors (Lipinski definition) is 13. The number of ether oxygens (including phenoxy) is 2. The molecule has 3 saturated heterocycles. The van der Waals surface area contributed by atoms with E-state index in [9.17, 15) is 38.7 Å². The molecule has 3 fully saturated rings. The number of para-hydroxylation sites is 1. The van der Waals surface area contributed by atoms with Crippen molar-refractivity contribution in [3.05, 3.63) is 36.0 Å². The first-order chi connectivity index (χ1) is 37.6. The van der Waals surface area contributed by atoms with Gasteiger partial charge in [-0.15, -0.1) is 11.8 Å². The molecule has 2 unspecified atom stereocenters. The number of aromatic amines is 1. The predicted molar refractivity (Wildman–Crippen MR) is 306 cm³/mol. The van der Waals surface area contributed by atoms with Crippen LogP contribution in [0, 0.1) is 23.7 Å². The molecule has 3 aliphatic rings. The van der Waals surface area contributed by atoms with Crippen LogP contribution in [0.3, 0.4) is 0 Å². The van der Waals surface area contributed by atoms with Gasteiger partial charge in [-0.3, -0.25) is 43.3 Å². The lowest BCUT2D eigenvalue weighted by molar-refractivity contribution is -0.199. The number of nitrogens with zero attached hydrogens (tertiary/aromatic N) is 5. The lowest BCUT2D eigenvalue weighted by Gasteiger charge is -2.41. The summed E-state index contributed by atoms with van der Waals surface area (Å²) in [6.45, 7) is 16.2. The van der Waals surface area contributed by atoms with E-state index in [4.69, 9.17) is 20.0 Å². The summed E-state index contributed by atoms with van der Waals surface area (Å²) in [6.07, 6.45) is 8.60. The summed E-state index contributed by atoms with van der Waals surface area (Å²) in [4.78, 5) is 113. The molecule has 79 heavy (non-hydrogen) atoms. The van der Waals surface area contributed by atoms with Gasteiger partial charge in [0, 0.05) is 76.6 Å². The van der Waals surface area contributed by atoms with Crippen LogP contribution in [0.2, 0.25) is 0 Å². The van der Waals surface area contributed by atoms with E-state index < -0.39 is 60.3 Å². The van der Waals surface area contributed by atoms with Crippen molar-refractivity contribution in [1.29, 1.82) is 0 Å². The number of carbonyl (C=O) groups is 7. The first kappa shape index (κ1) is 65.0. The van der Waals surface area contributed by atoms with Crippen LogP contribution in [-0.4, -0.2) is 197 Å². The number of thioether (sulfide) groups is 1. The van der Waals surface area contributed by atoms with E-state index in [1.165, 1.54) is 16.8 Å². The highest BCUT2D eigenvalue weighted by molar-refractivity contribution is 7.99. The van der Waals surface area contributed by atoms with Gasteiger partial charge in [0.05, 0.1) is 54.7 Å². The molecule has 11 atom stereocenters. The highest BCUT2D eigenvalue weighted by Gasteiger charge is 2.44. The number of carboxylic acids is 1. The molecule has 1 aromatic heterocycles. The number of hydroxylamine groups is 2. The molecule has 5 rings (SSSR count). The molecule has 6 amide bonds. The summed E-state index contributed by atoms with van der Waals surface area (Å²) < 4.78 is 12.2. The van der Waals surface area contributed by atoms with Crippen LogP contribution >= 0.6 is 11.8 Å². The molecule has 21 heteroatoms. The Hall–Kier alpha value is -4.80. The van der Waals surface area contributed by atoms with E-state index >= 15 is 0 Å². The molecule has 0 bridgehead atoms. The van der Waals surface area contributed by atoms with Crippen molar-refractivity contribution in [2.45, 2.75) is 186 Å². The van der Waals surface area contributed by atoms with E-state index in [1.54, 1.807) is 38.0 Å². The Morgan fingerprint density at radius 2 is 1.57 bits per heavy atom. The van der Waals surface area contributed by atoms with Crippen molar-refractivity contribution >= 4 is 64.1 Å². The highest BCUT2D eigenvalue weighted by Crippen LogP contribution is 2.32. The Labute approximate surface area is 473 Å². The number of likely N-dealkylation sites (tertiary alicyclic amines) is 2. The lowest BCUT2D eigenvalue weighted by atomic mass is 9.89. The molecule has 444 valence electrons. The number of amides is 6. The average Bonchev–Trinajstić information content (AvgIpc) is 4.28. The fraction of sp³-hybridized carbons (Fsp3) is 0.741. The predicted octanol–water partition coefficient (Wildman–Crippen LogP) is 5.42. The third kappa shape index (κ3) is 17.4. The smallest absolute Gasteiger partial charge is 0.321 e. The van der Waals surface area contributed by atoms with E-state index in [0.717, 1.165) is 55.0 Å². The van der Waals surface area contributed by atoms with Crippen LogP contribution < -0.4 is 16.4 Å². The summed E-state index contributed by atoms with van der Waals surface area (Å²) >= 11 is 1.43. The number of carboxylic acid groups (broad SMARTS) is 1. The van der Waals surface area contributed by atoms with Gasteiger partial charge in [-0.1, -0.05) is 79.5 Å². The molecule has 0 radical (unpaired) electrons. The second kappa shape index (κ2) is 31.4. The zero-order chi connectivity index (χ0) is 58.1. The van der Waals surface area contributed by atoms with Crippen molar-refractivity contribution in [1.82, 2.24) is 40.3 Å². The summed E-state index contributed by atoms with van der Waals surface area (Å²) in [5.74, 6) is -3.37. The van der Waals surface area contributed by atoms with Crippen molar-refractivity contribution < 1.29 is 53.0 Å². The van der Waals surface area contributed by atoms with Crippen LogP contribution in [0.5, 0.6) is 0 Å². The number of likely N-dealkylation sites (N-methyl/N-ethyl adjacent to an activating group) is 2. The molecule has 0 spiro atoms. The Morgan fingerprint density at radius 3 is 2.22 bits per heavy atom. The first-order valence-electron chi connectivity index (χ1n) is 29.0. The maximum atomic E-state index is 14.8. The number of unbranched alkanes of at least 4 members (excludes halogenated alkanes) is 2. The van der Waals surface area contributed by atoms with E-state index in [2.05, 4.69) is 15.6 Å². The van der Waals surface area contributed by atoms with Gasteiger partial charge in [-0.2, -0.15) is 0 Å². The summed E-state index contributed by atoms with van der Waals surface area (Å²) in [7, 11) is 6.72. The van der Waals surface area contributed by atoms with Gasteiger partial charge in [0.1, 0.15) is 18.1 Å². The maximum absolute atomic E-state index is 14.8. The molecule has 6 N–H and O–H groups in total. The topological polar surface area (TPSA) is 249 Å². The van der Waals surface area contributed by atoms with E-state index in [1.807, 2.05) is 88.9 Å². The van der Waals surface area contributed by atoms with Crippen molar-refractivity contribution in [2.75, 3.05) is 66.9 Å². The molecule has 0 saturated carbocycles. The van der Waals surface area contributed by atoms with Crippen molar-refractivity contribution in [2.24, 2.45) is 29.4 Å². The van der Waals surface area contributed by atoms with Gasteiger partial charge in [0.2, 0.25) is 29.5 Å². The van der Waals surface area contributed by atoms with Gasteiger partial charge < -0.3 is 50.6 Å². The molecule has 3 aliphatic heterocycles. The van der Waals surface area contributed by atoms with E-state index in [-0.39, 0.29) is 77.2 Å². The van der Waals surface area contributed by atoms with E-state index in [0.29, 0.717) is 64.9 Å². The third-order valence-electron chi connectivity index (χ3n) is 16.5. The van der Waals surface area contributed by atoms with Gasteiger partial charge in [0.15, 0.2) is 0 Å². The zero-order valence-corrected chi connectivity index (χ0v) is 49.9. The molecule has 1 aromatic carbocycles. The Kier molecular flexibility index (Phi) is 25.9. The zero-order valence-electron chi connectivity index (χ0n) is 49.1. The molecular formula is C58H95N9O11S. The number of aliphatic carboxylic acids is 1. The minimum Gasteiger partial charge on any atom is -0.480 e. The lowest BCUT2D eigenvalue weighted by Crippen LogP contribution is -2.60. The molecule has 4 heterocycles. The summed E-state index contributed by atoms with van der Waals surface area (Å²) in [6, 6.07) is 3.56. The standard InChI is InChI=1S/C58H95N9O11S/c1-12-38(6)52(64(9)57(73)50(36(2)3)62-55(71)51(37(4)5)63(8)27-17-13-14-25-47(68)66-29-21-26-49(66)79-35-42(59)58(74)75)46(76-10)33-48(69)65-28-20-24-45(65)53(77-11)39(7)54(70)61-44(56(72)67-30-18-19-31-78-67)32-40-34-60-43-23-16-15-22-41(40)43/h15-16,22-23,34,36-39,42,44-46,49-53,60H,12-14,17-21,24-33,35,59H2,1-11H3,(H,61,70)(H,62,71)(H,74,75)/t38-,39+,42?,44-,45-,46+,49?,50-,51-,52-,53+/m0/s1. The first-order valence-corrected chi connectivity index (χ1v) is 30.0. The van der Waals surface area contributed by atoms with Gasteiger partial charge >= 0.3 is 5.97 Å². The number of nitrogens with one attached hydrogen (secondary N) is 3. The number of nitrogens with two attached hydrogens (primary N) is 1. The SMILES string of the molecule is CC[C@H](C)[C@@H]([C@@H](CC(=O)N1CCC[C@H]1[C@H](OC)[C@@H](C)C(=O)N[C@@H](Cc1c[nH]c2ccccc12)C(=O)N1CCCCO1)OC)N(C)C(=O)[C@@H](NC(=O)[C@H](C(C)C)N(C)CCCCCC(=O)N1CCCC1SCC(N)C(=O)O)C(C)C. The van der Waals surface area contributed by atoms with Crippen LogP contribution in [0.1, 0.15) is 131 Å². The summed E-state index contributed by atoms with van der Waals surface area (Å²) in [5, 5.41) is 17.6. The number of fused-ring (bicyclic) bond motifs is 1. The fourth-order valence-electron chi connectivity index (χ4n) is 11.8. The molecule has 20 nitrogen and oxygen atoms in total. The van der Waals surface area contributed by atoms with Crippen LogP contribution in [0.4, 0.5) is 0 Å². The molecule has 2 aromatic rings. The second-order valence-electron chi connectivity index (χ2n) is 22.9.